The highest BCUT2D eigenvalue weighted by Gasteiger charge is 2.28. The molecule has 0 saturated heterocycles. The van der Waals surface area contributed by atoms with Gasteiger partial charge in [0.1, 0.15) is 0 Å². The highest BCUT2D eigenvalue weighted by Crippen LogP contribution is 2.18. The van der Waals surface area contributed by atoms with Crippen LogP contribution in [0.15, 0.2) is 18.2 Å². The van der Waals surface area contributed by atoms with Crippen LogP contribution < -0.4 is 5.32 Å². The number of hydrogen-bond acceptors (Lipinski definition) is 3. The van der Waals surface area contributed by atoms with Crippen LogP contribution in [0.2, 0.25) is 0 Å². The summed E-state index contributed by atoms with van der Waals surface area (Å²) in [4.78, 5) is 0. The molecular formula is C14H23NO2S. The van der Waals surface area contributed by atoms with Gasteiger partial charge in [0.2, 0.25) is 0 Å². The molecule has 1 aromatic carbocycles. The standard InChI is InChI=1S/C14H23NO2S/c1-11-6-7-12(2)13(10-11)15-8-9-18(16,17)14(3,4)5/h6-7,10,15H,8-9H2,1-5H3. The SMILES string of the molecule is Cc1ccc(C)c(NCCS(=O)(=O)C(C)(C)C)c1. The molecule has 0 aromatic heterocycles. The van der Waals surface area contributed by atoms with Crippen LogP contribution in [0.1, 0.15) is 31.9 Å². The normalized spacial score (nSPS) is 12.5. The second kappa shape index (κ2) is 5.31. The molecule has 0 atom stereocenters. The summed E-state index contributed by atoms with van der Waals surface area (Å²) in [5.41, 5.74) is 3.31. The van der Waals surface area contributed by atoms with Crippen molar-refractivity contribution in [3.8, 4) is 0 Å². The minimum atomic E-state index is -3.05. The lowest BCUT2D eigenvalue weighted by atomic mass is 10.1. The van der Waals surface area contributed by atoms with Crippen molar-refractivity contribution in [2.75, 3.05) is 17.6 Å². The first-order chi connectivity index (χ1) is 8.13. The summed E-state index contributed by atoms with van der Waals surface area (Å²) in [6, 6.07) is 6.13. The number of anilines is 1. The lowest BCUT2D eigenvalue weighted by Crippen LogP contribution is -2.32. The number of sulfone groups is 1. The molecule has 0 aliphatic carbocycles. The van der Waals surface area contributed by atoms with E-state index in [1.54, 1.807) is 20.8 Å². The van der Waals surface area contributed by atoms with Crippen molar-refractivity contribution in [2.45, 2.75) is 39.4 Å². The largest absolute Gasteiger partial charge is 0.384 e. The number of aryl methyl sites for hydroxylation is 2. The molecule has 102 valence electrons. The van der Waals surface area contributed by atoms with Gasteiger partial charge in [0.25, 0.3) is 0 Å². The minimum Gasteiger partial charge on any atom is -0.384 e. The van der Waals surface area contributed by atoms with Gasteiger partial charge in [-0.15, -0.1) is 0 Å². The van der Waals surface area contributed by atoms with Crippen molar-refractivity contribution in [3.05, 3.63) is 29.3 Å². The van der Waals surface area contributed by atoms with Crippen LogP contribution in [0.3, 0.4) is 0 Å². The second-order valence-corrected chi connectivity index (χ2v) is 8.54. The summed E-state index contributed by atoms with van der Waals surface area (Å²) in [5, 5.41) is 3.20. The monoisotopic (exact) mass is 269 g/mol. The Balaban J connectivity index is 2.65. The van der Waals surface area contributed by atoms with E-state index >= 15 is 0 Å². The fraction of sp³-hybridized carbons (Fsp3) is 0.571. The quantitative estimate of drug-likeness (QED) is 0.914. The Morgan fingerprint density at radius 1 is 1.17 bits per heavy atom. The van der Waals surface area contributed by atoms with Crippen LogP contribution in [0.5, 0.6) is 0 Å². The van der Waals surface area contributed by atoms with Crippen molar-refractivity contribution in [1.82, 2.24) is 0 Å². The third-order valence-corrected chi connectivity index (χ3v) is 5.62. The van der Waals surface area contributed by atoms with Crippen molar-refractivity contribution in [3.63, 3.8) is 0 Å². The summed E-state index contributed by atoms with van der Waals surface area (Å²) in [7, 11) is -3.05. The maximum absolute atomic E-state index is 12.0. The van der Waals surface area contributed by atoms with Crippen molar-refractivity contribution >= 4 is 15.5 Å². The smallest absolute Gasteiger partial charge is 0.156 e. The molecule has 0 bridgehead atoms. The molecular weight excluding hydrogens is 246 g/mol. The maximum atomic E-state index is 12.0. The highest BCUT2D eigenvalue weighted by atomic mass is 32.2. The van der Waals surface area contributed by atoms with E-state index in [0.29, 0.717) is 6.54 Å². The Hall–Kier alpha value is -1.03. The molecule has 0 aliphatic rings. The van der Waals surface area contributed by atoms with E-state index in [2.05, 4.69) is 5.32 Å². The van der Waals surface area contributed by atoms with Gasteiger partial charge in [-0.2, -0.15) is 0 Å². The Morgan fingerprint density at radius 2 is 1.78 bits per heavy atom. The third kappa shape index (κ3) is 3.73. The lowest BCUT2D eigenvalue weighted by molar-refractivity contribution is 0.560. The van der Waals surface area contributed by atoms with Crippen LogP contribution in [0, 0.1) is 13.8 Å². The third-order valence-electron chi connectivity index (χ3n) is 3.01. The first kappa shape index (κ1) is 15.0. The molecule has 0 spiro atoms. The molecule has 0 amide bonds. The molecule has 1 rings (SSSR count). The van der Waals surface area contributed by atoms with Gasteiger partial charge in [0, 0.05) is 12.2 Å². The van der Waals surface area contributed by atoms with Crippen LogP contribution in [-0.2, 0) is 9.84 Å². The van der Waals surface area contributed by atoms with Crippen molar-refractivity contribution in [1.29, 1.82) is 0 Å². The van der Waals surface area contributed by atoms with Gasteiger partial charge in [-0.05, 0) is 51.8 Å². The lowest BCUT2D eigenvalue weighted by Gasteiger charge is -2.19. The summed E-state index contributed by atoms with van der Waals surface area (Å²) in [5.74, 6) is 0.157. The molecule has 0 radical (unpaired) electrons. The van der Waals surface area contributed by atoms with Gasteiger partial charge in [-0.25, -0.2) is 8.42 Å². The number of nitrogens with one attached hydrogen (secondary N) is 1. The van der Waals surface area contributed by atoms with E-state index in [4.69, 9.17) is 0 Å². The van der Waals surface area contributed by atoms with E-state index in [9.17, 15) is 8.42 Å². The van der Waals surface area contributed by atoms with E-state index in [0.717, 1.165) is 11.3 Å². The minimum absolute atomic E-state index is 0.157. The van der Waals surface area contributed by atoms with Gasteiger partial charge in [0.05, 0.1) is 10.5 Å². The Bertz CT molecular complexity index is 513. The number of hydrogen-bond donors (Lipinski definition) is 1. The molecule has 18 heavy (non-hydrogen) atoms. The molecule has 0 unspecified atom stereocenters. The van der Waals surface area contributed by atoms with Gasteiger partial charge in [-0.1, -0.05) is 12.1 Å². The Labute approximate surface area is 111 Å². The van der Waals surface area contributed by atoms with Crippen LogP contribution in [0.4, 0.5) is 5.69 Å². The predicted molar refractivity (Wildman–Crippen MR) is 77.9 cm³/mol. The molecule has 0 fully saturated rings. The molecule has 1 aromatic rings. The molecule has 0 aliphatic heterocycles. The summed E-state index contributed by atoms with van der Waals surface area (Å²) in [6.45, 7) is 9.70. The molecule has 1 N–H and O–H groups in total. The number of benzene rings is 1. The van der Waals surface area contributed by atoms with E-state index in [1.165, 1.54) is 5.56 Å². The van der Waals surface area contributed by atoms with E-state index in [1.807, 2.05) is 32.0 Å². The van der Waals surface area contributed by atoms with Gasteiger partial charge in [-0.3, -0.25) is 0 Å². The van der Waals surface area contributed by atoms with Crippen LogP contribution >= 0.6 is 0 Å². The molecule has 0 heterocycles. The Morgan fingerprint density at radius 3 is 2.33 bits per heavy atom. The average molecular weight is 269 g/mol. The zero-order valence-electron chi connectivity index (χ0n) is 11.9. The zero-order chi connectivity index (χ0) is 14.0. The first-order valence-corrected chi connectivity index (χ1v) is 7.82. The maximum Gasteiger partial charge on any atom is 0.156 e. The zero-order valence-corrected chi connectivity index (χ0v) is 12.7. The Kier molecular flexibility index (Phi) is 4.43. The van der Waals surface area contributed by atoms with Crippen molar-refractivity contribution < 1.29 is 8.42 Å². The predicted octanol–water partition coefficient (Wildman–Crippen LogP) is 2.93. The summed E-state index contributed by atoms with van der Waals surface area (Å²) >= 11 is 0. The average Bonchev–Trinajstić information content (AvgIpc) is 2.21. The fourth-order valence-electron chi connectivity index (χ4n) is 1.55. The van der Waals surface area contributed by atoms with Crippen LogP contribution in [0.25, 0.3) is 0 Å². The second-order valence-electron chi connectivity index (χ2n) is 5.68. The highest BCUT2D eigenvalue weighted by molar-refractivity contribution is 7.92. The molecule has 4 heteroatoms. The topological polar surface area (TPSA) is 46.2 Å². The summed E-state index contributed by atoms with van der Waals surface area (Å²) < 4.78 is 23.2. The van der Waals surface area contributed by atoms with Gasteiger partial charge in [0.15, 0.2) is 9.84 Å². The van der Waals surface area contributed by atoms with Gasteiger partial charge < -0.3 is 5.32 Å². The van der Waals surface area contributed by atoms with Crippen molar-refractivity contribution in [2.24, 2.45) is 0 Å². The summed E-state index contributed by atoms with van der Waals surface area (Å²) in [6.07, 6.45) is 0. The first-order valence-electron chi connectivity index (χ1n) is 6.17. The van der Waals surface area contributed by atoms with E-state index < -0.39 is 14.6 Å². The van der Waals surface area contributed by atoms with Crippen LogP contribution in [-0.4, -0.2) is 25.5 Å². The fourth-order valence-corrected chi connectivity index (χ4v) is 2.54. The number of rotatable bonds is 4. The molecule has 0 saturated carbocycles. The van der Waals surface area contributed by atoms with Gasteiger partial charge >= 0.3 is 0 Å². The van der Waals surface area contributed by atoms with E-state index in [-0.39, 0.29) is 5.75 Å². The molecule has 3 nitrogen and oxygen atoms in total.